The number of nitrogens with zero attached hydrogens (tertiary/aromatic N) is 1. The van der Waals surface area contributed by atoms with Gasteiger partial charge < -0.3 is 33.3 Å². The van der Waals surface area contributed by atoms with Gasteiger partial charge in [0.1, 0.15) is 13.2 Å². The van der Waals surface area contributed by atoms with Gasteiger partial charge in [-0.2, -0.15) is 0 Å². The van der Waals surface area contributed by atoms with Gasteiger partial charge in [0.2, 0.25) is 0 Å². The zero-order valence-corrected chi connectivity index (χ0v) is 47.5. The fourth-order valence-corrected chi connectivity index (χ4v) is 8.45. The first-order valence-corrected chi connectivity index (χ1v) is 29.9. The molecule has 72 heavy (non-hydrogen) atoms. The molecule has 0 aliphatic heterocycles. The molecule has 0 saturated carbocycles. The first-order valence-electron chi connectivity index (χ1n) is 29.9. The number of esters is 2. The maximum absolute atomic E-state index is 12.8. The summed E-state index contributed by atoms with van der Waals surface area (Å²) in [5.74, 6) is -2.32. The third kappa shape index (κ3) is 54.8. The third-order valence-electron chi connectivity index (χ3n) is 13.0. The van der Waals surface area contributed by atoms with E-state index >= 15 is 0 Å². The van der Waals surface area contributed by atoms with E-state index in [9.17, 15) is 19.5 Å². The second kappa shape index (κ2) is 54.3. The Hall–Kier alpha value is -3.01. The first-order chi connectivity index (χ1) is 35.1. The van der Waals surface area contributed by atoms with E-state index < -0.39 is 24.3 Å². The molecule has 0 fully saturated rings. The Labute approximate surface area is 444 Å². The monoisotopic (exact) mass is 1010 g/mol. The summed E-state index contributed by atoms with van der Waals surface area (Å²) in [6.45, 7) is 4.62. The van der Waals surface area contributed by atoms with Crippen LogP contribution in [0.1, 0.15) is 264 Å². The van der Waals surface area contributed by atoms with Crippen LogP contribution in [0.25, 0.3) is 0 Å². The zero-order valence-electron chi connectivity index (χ0n) is 47.5. The van der Waals surface area contributed by atoms with E-state index in [1.165, 1.54) is 161 Å². The molecule has 0 aliphatic rings. The molecule has 0 heterocycles. The van der Waals surface area contributed by atoms with Crippen molar-refractivity contribution in [1.29, 1.82) is 0 Å². The molecule has 0 saturated heterocycles. The highest BCUT2D eigenvalue weighted by molar-refractivity contribution is 5.70. The molecule has 0 radical (unpaired) electrons. The highest BCUT2D eigenvalue weighted by atomic mass is 16.7. The van der Waals surface area contributed by atoms with Crippen LogP contribution in [0.15, 0.2) is 60.8 Å². The topological polar surface area (TPSA) is 111 Å². The van der Waals surface area contributed by atoms with Gasteiger partial charge in [0.15, 0.2) is 12.4 Å². The molecule has 0 aromatic carbocycles. The van der Waals surface area contributed by atoms with Gasteiger partial charge in [-0.1, -0.05) is 254 Å². The number of likely N-dealkylation sites (N-methyl/N-ethyl adjacent to an activating group) is 1. The van der Waals surface area contributed by atoms with Crippen molar-refractivity contribution in [2.75, 3.05) is 47.5 Å². The Morgan fingerprint density at radius 1 is 0.431 bits per heavy atom. The van der Waals surface area contributed by atoms with Crippen molar-refractivity contribution >= 4 is 17.9 Å². The number of aliphatic carboxylic acids is 1. The predicted molar refractivity (Wildman–Crippen MR) is 302 cm³/mol. The van der Waals surface area contributed by atoms with Crippen molar-refractivity contribution < 1.29 is 42.9 Å². The Morgan fingerprint density at radius 2 is 0.792 bits per heavy atom. The average molecular weight is 1010 g/mol. The van der Waals surface area contributed by atoms with Gasteiger partial charge in [-0.05, 0) is 57.8 Å². The number of quaternary nitrogens is 1. The second-order valence-corrected chi connectivity index (χ2v) is 21.3. The van der Waals surface area contributed by atoms with Crippen LogP contribution in [0, 0.1) is 0 Å². The van der Waals surface area contributed by atoms with Crippen molar-refractivity contribution in [2.24, 2.45) is 0 Å². The summed E-state index contributed by atoms with van der Waals surface area (Å²) in [7, 11) is 5.91. The van der Waals surface area contributed by atoms with Crippen LogP contribution in [0.5, 0.6) is 0 Å². The van der Waals surface area contributed by atoms with Crippen LogP contribution >= 0.6 is 0 Å². The number of hydrogen-bond donors (Lipinski definition) is 0. The van der Waals surface area contributed by atoms with Gasteiger partial charge >= 0.3 is 11.9 Å². The molecule has 0 aromatic heterocycles. The summed E-state index contributed by atoms with van der Waals surface area (Å²) >= 11 is 0. The molecule has 9 heteroatoms. The number of ether oxygens (including phenoxy) is 4. The smallest absolute Gasteiger partial charge is 0.306 e. The molecule has 0 spiro atoms. The lowest BCUT2D eigenvalue weighted by atomic mass is 10.0. The summed E-state index contributed by atoms with van der Waals surface area (Å²) in [5.41, 5.74) is 0. The van der Waals surface area contributed by atoms with E-state index in [-0.39, 0.29) is 38.6 Å². The predicted octanol–water partition coefficient (Wildman–Crippen LogP) is 16.3. The summed E-state index contributed by atoms with van der Waals surface area (Å²) < 4.78 is 22.7. The van der Waals surface area contributed by atoms with E-state index in [4.69, 9.17) is 18.9 Å². The lowest BCUT2D eigenvalue weighted by molar-refractivity contribution is -0.870. The van der Waals surface area contributed by atoms with Gasteiger partial charge in [-0.3, -0.25) is 9.59 Å². The third-order valence-corrected chi connectivity index (χ3v) is 13.0. The van der Waals surface area contributed by atoms with Gasteiger partial charge in [0, 0.05) is 12.8 Å². The molecular formula is C63H113NO8. The molecule has 0 aromatic rings. The summed E-state index contributed by atoms with van der Waals surface area (Å²) in [6, 6.07) is 0. The fraction of sp³-hybridized carbons (Fsp3) is 0.794. The lowest BCUT2D eigenvalue weighted by Gasteiger charge is -2.26. The average Bonchev–Trinajstić information content (AvgIpc) is 3.35. The highest BCUT2D eigenvalue weighted by Gasteiger charge is 2.22. The minimum atomic E-state index is -1.63. The van der Waals surface area contributed by atoms with Crippen LogP contribution in [0.2, 0.25) is 0 Å². The Bertz CT molecular complexity index is 1360. The Balaban J connectivity index is 4.19. The van der Waals surface area contributed by atoms with Crippen molar-refractivity contribution in [3.05, 3.63) is 60.8 Å². The number of carbonyl (C=O) groups excluding carboxylic acids is 3. The quantitative estimate of drug-likeness (QED) is 0.0195. The standard InChI is InChI=1S/C63H113NO8/c1-6-8-10-12-14-16-18-20-22-24-26-27-28-29-30-31-32-33-34-36-37-39-41-43-45-47-49-51-53-60(65)70-57-59(58-71-63(62(67)68)69-56-55-64(3,4)5)72-61(66)54-52-50-48-46-44-42-40-38-35-25-23-21-19-17-15-13-11-9-7-2/h9,11,15,17,21,23,35,38,42,44,59,63H,6-8,10,12-14,16,18-20,22,24-34,36-37,39-41,43,45-58H2,1-5H3/b11-9-,17-15-,23-21-,38-35-,44-42-. The molecule has 9 nitrogen and oxygen atoms in total. The van der Waals surface area contributed by atoms with Crippen LogP contribution < -0.4 is 5.11 Å². The lowest BCUT2D eigenvalue weighted by Crippen LogP contribution is -2.44. The minimum Gasteiger partial charge on any atom is -0.545 e. The number of carboxylic acids is 1. The fourth-order valence-electron chi connectivity index (χ4n) is 8.45. The SMILES string of the molecule is CC/C=C\C/C=C\C/C=C\C/C=C\C/C=C\CCCCCC(=O)OC(COC(=O)CCCCCCCCCCCCCCCCCCCCCCCCCCCCCC)COC(OCC[N+](C)(C)C)C(=O)[O-]. The maximum Gasteiger partial charge on any atom is 0.306 e. The van der Waals surface area contributed by atoms with E-state index in [1.54, 1.807) is 0 Å². The number of carboxylic acid groups (broad SMARTS) is 1. The number of hydrogen-bond acceptors (Lipinski definition) is 8. The normalized spacial score (nSPS) is 13.2. The van der Waals surface area contributed by atoms with Gasteiger partial charge in [0.05, 0.1) is 40.3 Å². The number of allylic oxidation sites excluding steroid dienone is 10. The molecule has 0 N–H and O–H groups in total. The van der Waals surface area contributed by atoms with Crippen molar-refractivity contribution in [1.82, 2.24) is 0 Å². The maximum atomic E-state index is 12.8. The molecule has 0 rings (SSSR count). The molecular weight excluding hydrogens is 899 g/mol. The zero-order chi connectivity index (χ0) is 52.7. The van der Waals surface area contributed by atoms with Crippen LogP contribution in [0.4, 0.5) is 0 Å². The van der Waals surface area contributed by atoms with Crippen molar-refractivity contribution in [3.63, 3.8) is 0 Å². The first kappa shape index (κ1) is 69.0. The van der Waals surface area contributed by atoms with E-state index in [0.717, 1.165) is 70.6 Å². The molecule has 418 valence electrons. The summed E-state index contributed by atoms with van der Waals surface area (Å²) in [4.78, 5) is 37.3. The van der Waals surface area contributed by atoms with Gasteiger partial charge in [-0.25, -0.2) is 0 Å². The van der Waals surface area contributed by atoms with Gasteiger partial charge in [0.25, 0.3) is 0 Å². The van der Waals surface area contributed by atoms with Crippen LogP contribution in [-0.4, -0.2) is 82.3 Å². The Morgan fingerprint density at radius 3 is 1.18 bits per heavy atom. The summed E-state index contributed by atoms with van der Waals surface area (Å²) in [6.07, 6.45) is 65.7. The van der Waals surface area contributed by atoms with E-state index in [1.807, 2.05) is 21.1 Å². The number of unbranched alkanes of at least 4 members (excludes halogenated alkanes) is 30. The highest BCUT2D eigenvalue weighted by Crippen LogP contribution is 2.17. The molecule has 0 aliphatic carbocycles. The number of rotatable bonds is 55. The summed E-state index contributed by atoms with van der Waals surface area (Å²) in [5, 5.41) is 11.8. The van der Waals surface area contributed by atoms with E-state index in [0.29, 0.717) is 17.4 Å². The molecule has 2 unspecified atom stereocenters. The van der Waals surface area contributed by atoms with Crippen LogP contribution in [-0.2, 0) is 33.3 Å². The minimum absolute atomic E-state index is 0.140. The number of carbonyl (C=O) groups is 3. The molecule has 2 atom stereocenters. The Kier molecular flexibility index (Phi) is 52.0. The van der Waals surface area contributed by atoms with Crippen molar-refractivity contribution in [2.45, 2.75) is 277 Å². The van der Waals surface area contributed by atoms with E-state index in [2.05, 4.69) is 74.6 Å². The molecule has 0 amide bonds. The second-order valence-electron chi connectivity index (χ2n) is 21.3. The molecule has 0 bridgehead atoms. The van der Waals surface area contributed by atoms with Crippen molar-refractivity contribution in [3.8, 4) is 0 Å². The van der Waals surface area contributed by atoms with Crippen LogP contribution in [0.3, 0.4) is 0 Å². The largest absolute Gasteiger partial charge is 0.545 e. The van der Waals surface area contributed by atoms with Gasteiger partial charge in [-0.15, -0.1) is 0 Å².